The summed E-state index contributed by atoms with van der Waals surface area (Å²) in [6.45, 7) is 7.58. The third-order valence-corrected chi connectivity index (χ3v) is 15.8. The molecule has 4 aromatic heterocycles. The number of anilines is 6. The molecule has 14 aromatic rings. The first-order valence-electron chi connectivity index (χ1n) is 22.9. The van der Waals surface area contributed by atoms with Crippen LogP contribution in [-0.2, 0) is 0 Å². The Bertz CT molecular complexity index is 4210. The second kappa shape index (κ2) is 15.7. The number of thiophene rings is 2. The van der Waals surface area contributed by atoms with Crippen LogP contribution in [0.3, 0.4) is 0 Å². The van der Waals surface area contributed by atoms with E-state index in [1.807, 2.05) is 36.4 Å². The van der Waals surface area contributed by atoms with Crippen LogP contribution < -0.4 is 9.80 Å². The molecule has 0 fully saturated rings. The molecule has 326 valence electrons. The average Bonchev–Trinajstić information content (AvgIpc) is 4.19. The first-order chi connectivity index (χ1) is 34.6. The van der Waals surface area contributed by atoms with Crippen molar-refractivity contribution in [2.24, 2.45) is 0 Å². The van der Waals surface area contributed by atoms with E-state index >= 15 is 0 Å². The molecule has 70 heavy (non-hydrogen) atoms. The maximum absolute atomic E-state index is 9.63. The lowest BCUT2D eigenvalue weighted by atomic mass is 10.0. The lowest BCUT2D eigenvalue weighted by Crippen LogP contribution is -2.10. The Kier molecular flexibility index (Phi) is 8.96. The van der Waals surface area contributed by atoms with Crippen LogP contribution in [0.2, 0.25) is 0 Å². The molecule has 0 amide bonds. The highest BCUT2D eigenvalue weighted by Gasteiger charge is 2.21. The summed E-state index contributed by atoms with van der Waals surface area (Å²) in [6.07, 6.45) is 0. The highest BCUT2D eigenvalue weighted by atomic mass is 32.1. The molecule has 0 saturated carbocycles. The Morgan fingerprint density at radius 3 is 1.33 bits per heavy atom. The van der Waals surface area contributed by atoms with Gasteiger partial charge in [-0.05, 0) is 151 Å². The van der Waals surface area contributed by atoms with Gasteiger partial charge in [-0.25, -0.2) is 4.85 Å². The number of furan rings is 2. The largest absolute Gasteiger partial charge is 0.455 e. The molecule has 0 saturated heterocycles. The smallest absolute Gasteiger partial charge is 0.188 e. The van der Waals surface area contributed by atoms with Crippen LogP contribution in [0.5, 0.6) is 0 Å². The standard InChI is InChI=1S/C62H34N4O2S2/c1-64-40-17-27-54-50(33-40)48-25-31-58-60(62(48)68-54)52-35-46(23-29-56(52)70-58)66(42-10-6-3-7-11-42)44-20-15-39(16-21-44)38-13-18-43(19-14-38)65(41-8-4-2-5-9-41)45-22-28-55-51(34-45)59-57(69-55)30-24-47-49-32-37(36-63)12-26-53(49)67-61(47)59/h2-35H. The minimum atomic E-state index is 0.603. The predicted molar refractivity (Wildman–Crippen MR) is 293 cm³/mol. The Hall–Kier alpha value is -9.18. The zero-order valence-electron chi connectivity index (χ0n) is 37.1. The molecule has 0 aliphatic carbocycles. The highest BCUT2D eigenvalue weighted by Crippen LogP contribution is 2.47. The van der Waals surface area contributed by atoms with Gasteiger partial charge in [0.15, 0.2) is 5.69 Å². The number of benzene rings is 10. The monoisotopic (exact) mass is 930 g/mol. The lowest BCUT2D eigenvalue weighted by molar-refractivity contribution is 0.672. The summed E-state index contributed by atoms with van der Waals surface area (Å²) in [4.78, 5) is 8.29. The number of nitriles is 1. The highest BCUT2D eigenvalue weighted by molar-refractivity contribution is 7.26. The average molecular weight is 931 g/mol. The minimum absolute atomic E-state index is 0.603. The summed E-state index contributed by atoms with van der Waals surface area (Å²) in [5.41, 5.74) is 13.0. The molecule has 6 nitrogen and oxygen atoms in total. The van der Waals surface area contributed by atoms with E-state index in [0.717, 1.165) is 120 Å². The zero-order chi connectivity index (χ0) is 46.5. The van der Waals surface area contributed by atoms with Crippen molar-refractivity contribution < 1.29 is 8.83 Å². The van der Waals surface area contributed by atoms with Crippen LogP contribution in [0.15, 0.2) is 215 Å². The number of para-hydroxylation sites is 2. The van der Waals surface area contributed by atoms with Crippen LogP contribution in [-0.4, -0.2) is 0 Å². The van der Waals surface area contributed by atoms with Crippen molar-refractivity contribution in [3.63, 3.8) is 0 Å². The molecule has 0 aliphatic rings. The van der Waals surface area contributed by atoms with Crippen molar-refractivity contribution in [2.45, 2.75) is 0 Å². The summed E-state index contributed by atoms with van der Waals surface area (Å²) >= 11 is 3.53. The van der Waals surface area contributed by atoms with Crippen molar-refractivity contribution in [3.05, 3.63) is 223 Å². The van der Waals surface area contributed by atoms with E-state index in [9.17, 15) is 5.26 Å². The molecule has 0 radical (unpaired) electrons. The second-order valence-electron chi connectivity index (χ2n) is 17.5. The van der Waals surface area contributed by atoms with Crippen LogP contribution >= 0.6 is 22.7 Å². The van der Waals surface area contributed by atoms with Gasteiger partial charge in [0.25, 0.3) is 0 Å². The fourth-order valence-corrected chi connectivity index (χ4v) is 12.4. The molecule has 0 aliphatic heterocycles. The second-order valence-corrected chi connectivity index (χ2v) is 19.6. The number of hydrogen-bond donors (Lipinski definition) is 0. The summed E-state index contributed by atoms with van der Waals surface area (Å²) in [6, 6.07) is 74.3. The Labute approximate surface area is 408 Å². The van der Waals surface area contributed by atoms with E-state index in [2.05, 4.69) is 191 Å². The maximum atomic E-state index is 9.63. The van der Waals surface area contributed by atoms with Crippen LogP contribution in [0, 0.1) is 17.9 Å². The topological polar surface area (TPSA) is 60.9 Å². The molecule has 0 unspecified atom stereocenters. The summed E-state index contributed by atoms with van der Waals surface area (Å²) < 4.78 is 17.8. The molecule has 8 heteroatoms. The summed E-state index contributed by atoms with van der Waals surface area (Å²) in [7, 11) is 0. The molecule has 0 spiro atoms. The number of fused-ring (bicyclic) bond motifs is 14. The molecule has 0 N–H and O–H groups in total. The molecule has 0 atom stereocenters. The first-order valence-corrected chi connectivity index (χ1v) is 24.5. The Morgan fingerprint density at radius 1 is 0.400 bits per heavy atom. The number of rotatable bonds is 7. The van der Waals surface area contributed by atoms with Crippen molar-refractivity contribution in [1.82, 2.24) is 0 Å². The Morgan fingerprint density at radius 2 is 0.843 bits per heavy atom. The minimum Gasteiger partial charge on any atom is -0.455 e. The van der Waals surface area contributed by atoms with Gasteiger partial charge >= 0.3 is 0 Å². The van der Waals surface area contributed by atoms with Gasteiger partial charge in [-0.15, -0.1) is 22.7 Å². The number of nitrogens with zero attached hydrogens (tertiary/aromatic N) is 4. The van der Waals surface area contributed by atoms with Crippen molar-refractivity contribution in [3.8, 4) is 17.2 Å². The summed E-state index contributed by atoms with van der Waals surface area (Å²) in [5.74, 6) is 0. The van der Waals surface area contributed by atoms with Crippen LogP contribution in [0.25, 0.3) is 100 Å². The Balaban J connectivity index is 0.826. The van der Waals surface area contributed by atoms with E-state index < -0.39 is 0 Å². The quantitative estimate of drug-likeness (QED) is 0.149. The molecular weight excluding hydrogens is 897 g/mol. The van der Waals surface area contributed by atoms with Gasteiger partial charge in [0.2, 0.25) is 0 Å². The van der Waals surface area contributed by atoms with E-state index in [0.29, 0.717) is 11.3 Å². The van der Waals surface area contributed by atoms with Crippen molar-refractivity contribution >= 4 is 147 Å². The number of hydrogen-bond acceptors (Lipinski definition) is 7. The molecule has 4 heterocycles. The molecule has 10 aromatic carbocycles. The zero-order valence-corrected chi connectivity index (χ0v) is 38.7. The van der Waals surface area contributed by atoms with E-state index in [-0.39, 0.29) is 0 Å². The third kappa shape index (κ3) is 6.29. The van der Waals surface area contributed by atoms with Gasteiger partial charge in [0.05, 0.1) is 18.2 Å². The molecule has 14 rings (SSSR count). The third-order valence-electron chi connectivity index (χ3n) is 13.5. The fourth-order valence-electron chi connectivity index (χ4n) is 10.2. The van der Waals surface area contributed by atoms with Crippen LogP contribution in [0.4, 0.5) is 39.8 Å². The van der Waals surface area contributed by atoms with E-state index in [4.69, 9.17) is 15.4 Å². The predicted octanol–water partition coefficient (Wildman–Crippen LogP) is 19.3. The SMILES string of the molecule is [C-]#[N+]c1ccc2oc3c(ccc4sc5ccc(N(c6ccccc6)c6ccc(-c7ccc(N(c8ccccc8)c8ccc9sc%10ccc%11c%12cc(C#N)ccc%12oc%11c%10c9c8)cc7)cc6)cc5c43)c2c1. The molecular formula is C62H34N4O2S2. The fraction of sp³-hybridized carbons (Fsp3) is 0. The van der Waals surface area contributed by atoms with Gasteiger partial charge in [-0.3, -0.25) is 0 Å². The normalized spacial score (nSPS) is 11.7. The van der Waals surface area contributed by atoms with Crippen molar-refractivity contribution in [2.75, 3.05) is 9.80 Å². The van der Waals surface area contributed by atoms with Crippen LogP contribution in [0.1, 0.15) is 5.56 Å². The van der Waals surface area contributed by atoms with Gasteiger partial charge in [-0.1, -0.05) is 66.7 Å². The van der Waals surface area contributed by atoms with Gasteiger partial charge in [0, 0.05) is 96.0 Å². The van der Waals surface area contributed by atoms with Gasteiger partial charge in [0.1, 0.15) is 22.3 Å². The maximum Gasteiger partial charge on any atom is 0.188 e. The van der Waals surface area contributed by atoms with E-state index in [1.54, 1.807) is 22.7 Å². The lowest BCUT2D eigenvalue weighted by Gasteiger charge is -2.26. The van der Waals surface area contributed by atoms with Gasteiger partial charge < -0.3 is 18.6 Å². The van der Waals surface area contributed by atoms with Crippen molar-refractivity contribution in [1.29, 1.82) is 5.26 Å². The van der Waals surface area contributed by atoms with Gasteiger partial charge in [-0.2, -0.15) is 5.26 Å². The van der Waals surface area contributed by atoms with E-state index in [1.165, 1.54) is 9.40 Å². The molecule has 0 bridgehead atoms. The first kappa shape index (κ1) is 39.9. The summed E-state index contributed by atoms with van der Waals surface area (Å²) in [5, 5.41) is 18.0.